The van der Waals surface area contributed by atoms with Crippen LogP contribution >= 0.6 is 22.9 Å². The number of amides is 1. The van der Waals surface area contributed by atoms with E-state index in [9.17, 15) is 4.79 Å². The Labute approximate surface area is 214 Å². The first-order valence-corrected chi connectivity index (χ1v) is 13.0. The first kappa shape index (κ1) is 23.3. The Bertz CT molecular complexity index is 1360. The summed E-state index contributed by atoms with van der Waals surface area (Å²) in [6.07, 6.45) is 4.01. The number of aryl methyl sites for hydroxylation is 1. The third-order valence-corrected chi connectivity index (χ3v) is 7.33. The molecule has 5 aromatic rings. The lowest BCUT2D eigenvalue weighted by molar-refractivity contribution is -0.121. The Kier molecular flexibility index (Phi) is 7.26. The molecule has 4 nitrogen and oxygen atoms in total. The molecule has 0 aliphatic heterocycles. The van der Waals surface area contributed by atoms with E-state index in [-0.39, 0.29) is 11.8 Å². The molecular weight excluding hydrogens is 474 g/mol. The third-order valence-electron chi connectivity index (χ3n) is 6.19. The Morgan fingerprint density at radius 2 is 1.60 bits per heavy atom. The van der Waals surface area contributed by atoms with E-state index < -0.39 is 0 Å². The number of halogens is 1. The highest BCUT2D eigenvalue weighted by molar-refractivity contribution is 7.15. The molecule has 0 unspecified atom stereocenters. The minimum Gasteiger partial charge on any atom is -0.356 e. The third kappa shape index (κ3) is 5.64. The van der Waals surface area contributed by atoms with Gasteiger partial charge in [0.25, 0.3) is 0 Å². The maximum absolute atomic E-state index is 12.6. The lowest BCUT2D eigenvalue weighted by atomic mass is 9.88. The van der Waals surface area contributed by atoms with Gasteiger partial charge in [-0.1, -0.05) is 84.4 Å². The van der Waals surface area contributed by atoms with E-state index in [0.717, 1.165) is 28.3 Å². The van der Waals surface area contributed by atoms with E-state index in [0.29, 0.717) is 24.4 Å². The Morgan fingerprint density at radius 3 is 2.26 bits per heavy atom. The molecule has 2 heterocycles. The summed E-state index contributed by atoms with van der Waals surface area (Å²) in [4.78, 5) is 18.3. The number of benzene rings is 3. The van der Waals surface area contributed by atoms with Gasteiger partial charge < -0.3 is 5.32 Å². The van der Waals surface area contributed by atoms with Crippen molar-refractivity contribution in [1.82, 2.24) is 14.7 Å². The van der Waals surface area contributed by atoms with Crippen LogP contribution in [-0.4, -0.2) is 21.8 Å². The molecular formula is C29H26ClN3OS. The molecule has 0 aliphatic rings. The SMILES string of the molecule is O=C(CCc1csc2nc(-c3ccc(Cl)cc3)cn12)NCCC(c1ccccc1)c1ccccc1. The number of fused-ring (bicyclic) bond motifs is 1. The van der Waals surface area contributed by atoms with Crippen molar-refractivity contribution in [3.8, 4) is 11.3 Å². The quantitative estimate of drug-likeness (QED) is 0.237. The highest BCUT2D eigenvalue weighted by Gasteiger charge is 2.15. The molecule has 0 radical (unpaired) electrons. The number of thiazole rings is 1. The summed E-state index contributed by atoms with van der Waals surface area (Å²) >= 11 is 7.60. The highest BCUT2D eigenvalue weighted by Crippen LogP contribution is 2.28. The molecule has 0 atom stereocenters. The summed E-state index contributed by atoms with van der Waals surface area (Å²) in [5.74, 6) is 0.327. The molecule has 0 spiro atoms. The Hall–Kier alpha value is -3.41. The lowest BCUT2D eigenvalue weighted by Gasteiger charge is -2.18. The van der Waals surface area contributed by atoms with Crippen molar-refractivity contribution in [2.75, 3.05) is 6.54 Å². The van der Waals surface area contributed by atoms with Crippen LogP contribution in [0, 0.1) is 0 Å². The molecule has 2 aromatic heterocycles. The van der Waals surface area contributed by atoms with Gasteiger partial charge in [-0.15, -0.1) is 11.3 Å². The summed E-state index contributed by atoms with van der Waals surface area (Å²) in [6, 6.07) is 28.7. The minimum atomic E-state index is 0.0715. The zero-order valence-corrected chi connectivity index (χ0v) is 20.8. The molecule has 5 rings (SSSR count). The molecule has 35 heavy (non-hydrogen) atoms. The van der Waals surface area contributed by atoms with Gasteiger partial charge in [0.1, 0.15) is 0 Å². The number of hydrogen-bond acceptors (Lipinski definition) is 3. The number of nitrogens with zero attached hydrogens (tertiary/aromatic N) is 2. The molecule has 0 fully saturated rings. The molecule has 1 N–H and O–H groups in total. The van der Waals surface area contributed by atoms with Gasteiger partial charge in [-0.2, -0.15) is 0 Å². The van der Waals surface area contributed by atoms with E-state index in [4.69, 9.17) is 16.6 Å². The van der Waals surface area contributed by atoms with Crippen molar-refractivity contribution in [1.29, 1.82) is 0 Å². The fraction of sp³-hybridized carbons (Fsp3) is 0.172. The second-order valence-corrected chi connectivity index (χ2v) is 9.80. The van der Waals surface area contributed by atoms with Gasteiger partial charge in [-0.3, -0.25) is 9.20 Å². The van der Waals surface area contributed by atoms with Gasteiger partial charge in [0.05, 0.1) is 5.69 Å². The summed E-state index contributed by atoms with van der Waals surface area (Å²) < 4.78 is 2.09. The van der Waals surface area contributed by atoms with Gasteiger partial charge in [-0.25, -0.2) is 4.98 Å². The van der Waals surface area contributed by atoms with Crippen molar-refractivity contribution in [3.63, 3.8) is 0 Å². The maximum atomic E-state index is 12.6. The van der Waals surface area contributed by atoms with Crippen molar-refractivity contribution in [2.24, 2.45) is 0 Å². The van der Waals surface area contributed by atoms with Gasteiger partial charge in [0, 0.05) is 46.7 Å². The van der Waals surface area contributed by atoms with Crippen LogP contribution in [0.1, 0.15) is 35.6 Å². The summed E-state index contributed by atoms with van der Waals surface area (Å²) in [7, 11) is 0. The molecule has 176 valence electrons. The van der Waals surface area contributed by atoms with Crippen LogP contribution < -0.4 is 5.32 Å². The predicted molar refractivity (Wildman–Crippen MR) is 144 cm³/mol. The minimum absolute atomic E-state index is 0.0715. The van der Waals surface area contributed by atoms with Crippen LogP contribution in [0.3, 0.4) is 0 Å². The summed E-state index contributed by atoms with van der Waals surface area (Å²) in [5, 5.41) is 5.92. The molecule has 1 amide bonds. The second-order valence-electron chi connectivity index (χ2n) is 8.53. The standard InChI is InChI=1S/C29H26ClN3OS/c30-24-13-11-23(12-14-24)27-19-33-25(20-35-29(33)32-27)15-16-28(34)31-18-17-26(21-7-3-1-4-8-21)22-9-5-2-6-10-22/h1-14,19-20,26H,15-18H2,(H,31,34). The molecule has 0 bridgehead atoms. The number of nitrogens with one attached hydrogen (secondary N) is 1. The van der Waals surface area contributed by atoms with Crippen molar-refractivity contribution in [3.05, 3.63) is 118 Å². The maximum Gasteiger partial charge on any atom is 0.220 e. The Balaban J connectivity index is 1.18. The fourth-order valence-corrected chi connectivity index (χ4v) is 5.38. The average Bonchev–Trinajstić information content (AvgIpc) is 3.48. The van der Waals surface area contributed by atoms with Crippen LogP contribution in [0.4, 0.5) is 0 Å². The average molecular weight is 500 g/mol. The Morgan fingerprint density at radius 1 is 0.943 bits per heavy atom. The van der Waals surface area contributed by atoms with Crippen LogP contribution in [0.15, 0.2) is 96.5 Å². The smallest absolute Gasteiger partial charge is 0.220 e. The second kappa shape index (κ2) is 10.9. The zero-order chi connectivity index (χ0) is 24.0. The molecule has 0 aliphatic carbocycles. The van der Waals surface area contributed by atoms with Crippen molar-refractivity contribution in [2.45, 2.75) is 25.2 Å². The van der Waals surface area contributed by atoms with Gasteiger partial charge in [0.15, 0.2) is 4.96 Å². The van der Waals surface area contributed by atoms with E-state index in [1.807, 2.05) is 42.6 Å². The van der Waals surface area contributed by atoms with Gasteiger partial charge in [0.2, 0.25) is 5.91 Å². The summed E-state index contributed by atoms with van der Waals surface area (Å²) in [5.41, 5.74) is 5.57. The monoisotopic (exact) mass is 499 g/mol. The predicted octanol–water partition coefficient (Wildman–Crippen LogP) is 6.99. The van der Waals surface area contributed by atoms with Crippen LogP contribution in [0.2, 0.25) is 5.02 Å². The molecule has 3 aromatic carbocycles. The molecule has 0 saturated carbocycles. The molecule has 0 saturated heterocycles. The van der Waals surface area contributed by atoms with Crippen molar-refractivity contribution >= 4 is 33.8 Å². The van der Waals surface area contributed by atoms with E-state index >= 15 is 0 Å². The first-order valence-electron chi connectivity index (χ1n) is 11.8. The van der Waals surface area contributed by atoms with Crippen molar-refractivity contribution < 1.29 is 4.79 Å². The number of imidazole rings is 1. The van der Waals surface area contributed by atoms with Gasteiger partial charge in [-0.05, 0) is 36.1 Å². The first-order chi connectivity index (χ1) is 17.2. The number of hydrogen-bond donors (Lipinski definition) is 1. The van der Waals surface area contributed by atoms with E-state index in [1.165, 1.54) is 11.1 Å². The fourth-order valence-electron chi connectivity index (χ4n) is 4.35. The normalized spacial score (nSPS) is 11.3. The van der Waals surface area contributed by atoms with Gasteiger partial charge >= 0.3 is 0 Å². The zero-order valence-electron chi connectivity index (χ0n) is 19.2. The number of rotatable bonds is 9. The van der Waals surface area contributed by atoms with E-state index in [1.54, 1.807) is 11.3 Å². The number of aromatic nitrogens is 2. The van der Waals surface area contributed by atoms with E-state index in [2.05, 4.69) is 63.6 Å². The van der Waals surface area contributed by atoms with Crippen LogP contribution in [0.5, 0.6) is 0 Å². The topological polar surface area (TPSA) is 46.4 Å². The largest absolute Gasteiger partial charge is 0.356 e. The summed E-state index contributed by atoms with van der Waals surface area (Å²) in [6.45, 7) is 0.637. The van der Waals surface area contributed by atoms with Crippen LogP contribution in [-0.2, 0) is 11.2 Å². The number of carbonyl (C=O) groups is 1. The highest BCUT2D eigenvalue weighted by atomic mass is 35.5. The van der Waals surface area contributed by atoms with Crippen LogP contribution in [0.25, 0.3) is 16.2 Å². The number of carbonyl (C=O) groups excluding carboxylic acids is 1. The molecule has 6 heteroatoms. The lowest BCUT2D eigenvalue weighted by Crippen LogP contribution is -2.26.